The van der Waals surface area contributed by atoms with Gasteiger partial charge >= 0.3 is 0 Å². The maximum atomic E-state index is 11.8. The molecular formula is C19H24N4O. The van der Waals surface area contributed by atoms with Gasteiger partial charge in [-0.05, 0) is 50.2 Å². The number of benzene rings is 1. The number of rotatable bonds is 8. The molecule has 0 aliphatic rings. The Hall–Kier alpha value is -2.82. The summed E-state index contributed by atoms with van der Waals surface area (Å²) in [5, 5.41) is 5.96. The Kier molecular flexibility index (Phi) is 6.37. The van der Waals surface area contributed by atoms with E-state index in [4.69, 9.17) is 0 Å². The zero-order valence-corrected chi connectivity index (χ0v) is 14.2. The molecule has 1 aromatic heterocycles. The fourth-order valence-electron chi connectivity index (χ4n) is 2.36. The van der Waals surface area contributed by atoms with Crippen LogP contribution in [0.3, 0.4) is 0 Å². The summed E-state index contributed by atoms with van der Waals surface area (Å²) in [6, 6.07) is 11.8. The molecule has 0 aliphatic heterocycles. The Balaban J connectivity index is 2.00. The van der Waals surface area contributed by atoms with E-state index in [0.29, 0.717) is 17.9 Å². The molecular weight excluding hydrogens is 300 g/mol. The van der Waals surface area contributed by atoms with Gasteiger partial charge in [0.1, 0.15) is 5.82 Å². The highest BCUT2D eigenvalue weighted by Gasteiger charge is 2.05. The van der Waals surface area contributed by atoms with Gasteiger partial charge in [0, 0.05) is 37.2 Å². The molecule has 0 atom stereocenters. The number of hydrogen-bond donors (Lipinski definition) is 2. The molecule has 0 fully saturated rings. The SMILES string of the molecule is C=CCNC(=O)c1ccc(Nc2ccc(N(CC)CC)cc2)nc1. The molecule has 0 radical (unpaired) electrons. The molecule has 5 nitrogen and oxygen atoms in total. The number of hydrogen-bond acceptors (Lipinski definition) is 4. The third kappa shape index (κ3) is 4.59. The van der Waals surface area contributed by atoms with Crippen LogP contribution in [0.5, 0.6) is 0 Å². The number of pyridine rings is 1. The van der Waals surface area contributed by atoms with Crippen molar-refractivity contribution in [1.29, 1.82) is 0 Å². The minimum Gasteiger partial charge on any atom is -0.372 e. The van der Waals surface area contributed by atoms with Crippen molar-refractivity contribution < 1.29 is 4.79 Å². The molecule has 0 saturated carbocycles. The molecule has 2 rings (SSSR count). The highest BCUT2D eigenvalue weighted by Crippen LogP contribution is 2.20. The summed E-state index contributed by atoms with van der Waals surface area (Å²) in [7, 11) is 0. The van der Waals surface area contributed by atoms with Crippen molar-refractivity contribution in [2.75, 3.05) is 29.9 Å². The van der Waals surface area contributed by atoms with Crippen molar-refractivity contribution in [2.24, 2.45) is 0 Å². The van der Waals surface area contributed by atoms with Gasteiger partial charge in [0.25, 0.3) is 5.91 Å². The Bertz CT molecular complexity index is 661. The van der Waals surface area contributed by atoms with Crippen molar-refractivity contribution in [3.05, 3.63) is 60.8 Å². The van der Waals surface area contributed by atoms with Gasteiger partial charge in [-0.15, -0.1) is 6.58 Å². The Morgan fingerprint density at radius 3 is 2.42 bits per heavy atom. The first-order valence-corrected chi connectivity index (χ1v) is 8.15. The van der Waals surface area contributed by atoms with Crippen LogP contribution in [0.1, 0.15) is 24.2 Å². The van der Waals surface area contributed by atoms with Crippen LogP contribution in [0, 0.1) is 0 Å². The van der Waals surface area contributed by atoms with E-state index in [1.807, 2.05) is 12.1 Å². The second-order valence-corrected chi connectivity index (χ2v) is 5.27. The zero-order valence-electron chi connectivity index (χ0n) is 14.2. The van der Waals surface area contributed by atoms with E-state index < -0.39 is 0 Å². The third-order valence-electron chi connectivity index (χ3n) is 3.70. The van der Waals surface area contributed by atoms with Crippen molar-refractivity contribution in [3.8, 4) is 0 Å². The Morgan fingerprint density at radius 2 is 1.88 bits per heavy atom. The van der Waals surface area contributed by atoms with E-state index >= 15 is 0 Å². The molecule has 0 spiro atoms. The lowest BCUT2D eigenvalue weighted by Crippen LogP contribution is -2.23. The van der Waals surface area contributed by atoms with Gasteiger partial charge in [-0.2, -0.15) is 0 Å². The molecule has 1 amide bonds. The molecule has 0 unspecified atom stereocenters. The molecule has 0 bridgehead atoms. The average Bonchev–Trinajstić information content (AvgIpc) is 2.62. The van der Waals surface area contributed by atoms with E-state index in [0.717, 1.165) is 18.8 Å². The second kappa shape index (κ2) is 8.72. The Labute approximate surface area is 143 Å². The lowest BCUT2D eigenvalue weighted by Gasteiger charge is -2.21. The molecule has 2 aromatic rings. The Morgan fingerprint density at radius 1 is 1.17 bits per heavy atom. The van der Waals surface area contributed by atoms with Crippen molar-refractivity contribution in [2.45, 2.75) is 13.8 Å². The van der Waals surface area contributed by atoms with Gasteiger partial charge in [0.2, 0.25) is 0 Å². The number of nitrogens with one attached hydrogen (secondary N) is 2. The fraction of sp³-hybridized carbons (Fsp3) is 0.263. The van der Waals surface area contributed by atoms with Crippen LogP contribution in [-0.4, -0.2) is 30.5 Å². The number of amides is 1. The number of aromatic nitrogens is 1. The highest BCUT2D eigenvalue weighted by molar-refractivity contribution is 5.94. The summed E-state index contributed by atoms with van der Waals surface area (Å²) < 4.78 is 0. The molecule has 2 N–H and O–H groups in total. The lowest BCUT2D eigenvalue weighted by atomic mass is 10.2. The first kappa shape index (κ1) is 17.5. The zero-order chi connectivity index (χ0) is 17.4. The van der Waals surface area contributed by atoms with Crippen LogP contribution < -0.4 is 15.5 Å². The summed E-state index contributed by atoms with van der Waals surface area (Å²) in [5.41, 5.74) is 2.69. The maximum absolute atomic E-state index is 11.8. The third-order valence-corrected chi connectivity index (χ3v) is 3.70. The van der Waals surface area contributed by atoms with Gasteiger partial charge in [0.05, 0.1) is 5.56 Å². The van der Waals surface area contributed by atoms with Gasteiger partial charge in [-0.25, -0.2) is 4.98 Å². The molecule has 24 heavy (non-hydrogen) atoms. The van der Waals surface area contributed by atoms with E-state index in [1.165, 1.54) is 5.69 Å². The van der Waals surface area contributed by atoms with Gasteiger partial charge in [-0.3, -0.25) is 4.79 Å². The van der Waals surface area contributed by atoms with Crippen molar-refractivity contribution >= 4 is 23.1 Å². The number of carbonyl (C=O) groups excluding carboxylic acids is 1. The van der Waals surface area contributed by atoms with Crippen LogP contribution in [-0.2, 0) is 0 Å². The van der Waals surface area contributed by atoms with Crippen LogP contribution in [0.4, 0.5) is 17.2 Å². The van der Waals surface area contributed by atoms with Crippen LogP contribution in [0.2, 0.25) is 0 Å². The smallest absolute Gasteiger partial charge is 0.253 e. The van der Waals surface area contributed by atoms with Gasteiger partial charge in [0.15, 0.2) is 0 Å². The lowest BCUT2D eigenvalue weighted by molar-refractivity contribution is 0.0957. The second-order valence-electron chi connectivity index (χ2n) is 5.27. The van der Waals surface area contributed by atoms with E-state index in [-0.39, 0.29) is 5.91 Å². The number of anilines is 3. The van der Waals surface area contributed by atoms with Crippen LogP contribution in [0.15, 0.2) is 55.3 Å². The fourth-order valence-corrected chi connectivity index (χ4v) is 2.36. The van der Waals surface area contributed by atoms with Crippen LogP contribution in [0.25, 0.3) is 0 Å². The molecule has 0 aliphatic carbocycles. The number of nitrogens with zero attached hydrogens (tertiary/aromatic N) is 2. The van der Waals surface area contributed by atoms with Gasteiger partial charge in [-0.1, -0.05) is 6.08 Å². The van der Waals surface area contributed by atoms with E-state index in [1.54, 1.807) is 24.4 Å². The van der Waals surface area contributed by atoms with E-state index in [2.05, 4.69) is 53.1 Å². The maximum Gasteiger partial charge on any atom is 0.253 e. The summed E-state index contributed by atoms with van der Waals surface area (Å²) in [4.78, 5) is 18.4. The normalized spacial score (nSPS) is 10.1. The minimum atomic E-state index is -0.155. The van der Waals surface area contributed by atoms with Crippen LogP contribution >= 0.6 is 0 Å². The molecule has 1 heterocycles. The largest absolute Gasteiger partial charge is 0.372 e. The number of carbonyl (C=O) groups is 1. The summed E-state index contributed by atoms with van der Waals surface area (Å²) >= 11 is 0. The quantitative estimate of drug-likeness (QED) is 0.729. The first-order chi connectivity index (χ1) is 11.7. The molecule has 1 aromatic carbocycles. The summed E-state index contributed by atoms with van der Waals surface area (Å²) in [5.74, 6) is 0.545. The highest BCUT2D eigenvalue weighted by atomic mass is 16.1. The molecule has 0 saturated heterocycles. The topological polar surface area (TPSA) is 57.3 Å². The predicted octanol–water partition coefficient (Wildman–Crippen LogP) is 3.59. The monoisotopic (exact) mass is 324 g/mol. The summed E-state index contributed by atoms with van der Waals surface area (Å²) in [6.45, 7) is 10.3. The minimum absolute atomic E-state index is 0.155. The van der Waals surface area contributed by atoms with Crippen molar-refractivity contribution in [1.82, 2.24) is 10.3 Å². The van der Waals surface area contributed by atoms with Gasteiger partial charge < -0.3 is 15.5 Å². The average molecular weight is 324 g/mol. The predicted molar refractivity (Wildman–Crippen MR) is 100 cm³/mol. The van der Waals surface area contributed by atoms with E-state index in [9.17, 15) is 4.79 Å². The van der Waals surface area contributed by atoms with Crippen molar-refractivity contribution in [3.63, 3.8) is 0 Å². The molecule has 126 valence electrons. The summed E-state index contributed by atoms with van der Waals surface area (Å²) in [6.07, 6.45) is 3.20. The standard InChI is InChI=1S/C19H24N4O/c1-4-13-20-19(24)15-7-12-18(21-14-15)22-16-8-10-17(11-9-16)23(5-2)6-3/h4,7-12,14H,1,5-6,13H2,2-3H3,(H,20,24)(H,21,22). The molecule has 5 heteroatoms. The first-order valence-electron chi connectivity index (χ1n) is 8.15.